The van der Waals surface area contributed by atoms with Gasteiger partial charge in [0.25, 0.3) is 0 Å². The number of nitrogens with zero attached hydrogens (tertiary/aromatic N) is 6. The molecule has 0 radical (unpaired) electrons. The van der Waals surface area contributed by atoms with Gasteiger partial charge in [-0.3, -0.25) is 35.2 Å². The fraction of sp³-hybridized carbons (Fsp3) is 0.450. The highest BCUT2D eigenvalue weighted by Gasteiger charge is 2.29. The maximum absolute atomic E-state index is 12.8. The zero-order valence-electron chi connectivity index (χ0n) is 32.4. The summed E-state index contributed by atoms with van der Waals surface area (Å²) >= 11 is 0. The summed E-state index contributed by atoms with van der Waals surface area (Å²) in [6.07, 6.45) is 15.1. The van der Waals surface area contributed by atoms with E-state index in [1.165, 1.54) is 65.6 Å². The van der Waals surface area contributed by atoms with E-state index in [-0.39, 0.29) is 31.5 Å². The van der Waals surface area contributed by atoms with Crippen molar-refractivity contribution in [1.82, 2.24) is 29.9 Å². The number of amides is 1. The maximum atomic E-state index is 12.8. The largest absolute Gasteiger partial charge is 0.479 e. The number of benzene rings is 1. The van der Waals surface area contributed by atoms with Crippen molar-refractivity contribution in [3.8, 4) is 0 Å². The quantitative estimate of drug-likeness (QED) is 0.112. The minimum Gasteiger partial charge on any atom is -0.479 e. The van der Waals surface area contributed by atoms with Gasteiger partial charge in [-0.25, -0.2) is 19.2 Å². The number of rotatable bonds is 13. The molecule has 0 bridgehead atoms. The van der Waals surface area contributed by atoms with E-state index in [0.29, 0.717) is 17.1 Å². The smallest absolute Gasteiger partial charge is 0.412 e. The molecule has 6 rings (SSSR count). The number of nitrogens with one attached hydrogen (secondary N) is 1. The van der Waals surface area contributed by atoms with Gasteiger partial charge in [0.05, 0.1) is 35.0 Å². The molecule has 3 aromatic heterocycles. The lowest BCUT2D eigenvalue weighted by atomic mass is 9.99. The van der Waals surface area contributed by atoms with Crippen LogP contribution in [0.2, 0.25) is 0 Å². The first-order valence-corrected chi connectivity index (χ1v) is 18.7. The number of aromatic nitrogens is 6. The SMILES string of the molecule is CC(C)OC(=O)C(O)Cc1cnccn1.CC(C)OC(=O)[C@@H](Cc1cnccn1)OC(=O)Nc1c2c(cc3c1CCC3)CCC2.O=C(O)C(O)Cc1cnccn1. The second-order valence-corrected chi connectivity index (χ2v) is 13.8. The van der Waals surface area contributed by atoms with Crippen LogP contribution in [0.3, 0.4) is 0 Å². The van der Waals surface area contributed by atoms with Crippen molar-refractivity contribution in [2.75, 3.05) is 5.32 Å². The molecule has 0 fully saturated rings. The monoisotopic (exact) mass is 787 g/mol. The molecular weight excluding hydrogens is 738 g/mol. The zero-order valence-corrected chi connectivity index (χ0v) is 32.4. The Labute approximate surface area is 330 Å². The molecule has 4 N–H and O–H groups in total. The highest BCUT2D eigenvalue weighted by molar-refractivity contribution is 5.90. The number of carboxylic acid groups (broad SMARTS) is 1. The molecule has 17 nitrogen and oxygen atoms in total. The van der Waals surface area contributed by atoms with E-state index in [1.807, 2.05) is 0 Å². The van der Waals surface area contributed by atoms with Crippen LogP contribution in [0.5, 0.6) is 0 Å². The topological polar surface area (TPSA) is 246 Å². The van der Waals surface area contributed by atoms with Gasteiger partial charge in [-0.15, -0.1) is 0 Å². The van der Waals surface area contributed by atoms with Crippen LogP contribution < -0.4 is 5.32 Å². The number of hydrogen-bond donors (Lipinski definition) is 4. The molecule has 3 heterocycles. The molecule has 304 valence electrons. The van der Waals surface area contributed by atoms with E-state index in [4.69, 9.17) is 24.4 Å². The van der Waals surface area contributed by atoms with E-state index in [1.54, 1.807) is 40.1 Å². The van der Waals surface area contributed by atoms with Crippen LogP contribution in [-0.4, -0.2) is 99.7 Å². The minimum atomic E-state index is -1.40. The van der Waals surface area contributed by atoms with E-state index >= 15 is 0 Å². The first-order chi connectivity index (χ1) is 27.3. The Bertz CT molecular complexity index is 1890. The van der Waals surface area contributed by atoms with Gasteiger partial charge in [0.1, 0.15) is 0 Å². The predicted molar refractivity (Wildman–Crippen MR) is 204 cm³/mol. The van der Waals surface area contributed by atoms with Crippen LogP contribution >= 0.6 is 0 Å². The molecule has 4 aromatic rings. The van der Waals surface area contributed by atoms with Crippen LogP contribution in [-0.2, 0) is 73.5 Å². The predicted octanol–water partition coefficient (Wildman–Crippen LogP) is 3.36. The summed E-state index contributed by atoms with van der Waals surface area (Å²) < 4.78 is 15.7. The van der Waals surface area contributed by atoms with Crippen molar-refractivity contribution in [1.29, 1.82) is 0 Å². The van der Waals surface area contributed by atoms with Crippen LogP contribution in [0.1, 0.15) is 79.9 Å². The fourth-order valence-electron chi connectivity index (χ4n) is 6.08. The molecular formula is C40H49N7O10. The first-order valence-electron chi connectivity index (χ1n) is 18.7. The fourth-order valence-corrected chi connectivity index (χ4v) is 6.08. The Balaban J connectivity index is 0.000000222. The van der Waals surface area contributed by atoms with Crippen molar-refractivity contribution in [2.24, 2.45) is 0 Å². The van der Waals surface area contributed by atoms with Gasteiger partial charge < -0.3 is 29.5 Å². The Hall–Kier alpha value is -5.94. The lowest BCUT2D eigenvalue weighted by molar-refractivity contribution is -0.158. The third-order valence-corrected chi connectivity index (χ3v) is 8.52. The first kappa shape index (κ1) is 43.8. The van der Waals surface area contributed by atoms with Crippen molar-refractivity contribution in [3.05, 3.63) is 101 Å². The number of aliphatic hydroxyl groups is 2. The van der Waals surface area contributed by atoms with Gasteiger partial charge >= 0.3 is 24.0 Å². The normalized spacial score (nSPS) is 14.0. The standard InChI is InChI=1S/C23H27N3O4.C10H14N2O3.C7H8N2O3/c1-14(2)29-22(27)20(12-17-13-24-9-10-25-17)30-23(28)26-21-18-7-3-5-15(18)11-16-6-4-8-19(16)21;1-7(2)15-10(14)9(13)5-8-6-11-3-4-12-8;10-6(7(11)12)3-5-4-8-1-2-9-5/h9-11,13-14,20H,3-8,12H2,1-2H3,(H,26,28);3-4,6-7,9,13H,5H2,1-2H3;1-2,4,6,10H,3H2,(H,11,12)/t20-;;/m1../s1. The molecule has 0 saturated heterocycles. The number of hydrogen-bond acceptors (Lipinski definition) is 15. The lowest BCUT2D eigenvalue weighted by Crippen LogP contribution is -2.34. The molecule has 2 aliphatic carbocycles. The number of carbonyl (C=O) groups is 4. The van der Waals surface area contributed by atoms with Crippen LogP contribution in [0, 0.1) is 0 Å². The van der Waals surface area contributed by atoms with Crippen molar-refractivity contribution >= 4 is 29.7 Å². The molecule has 0 aliphatic heterocycles. The van der Waals surface area contributed by atoms with Gasteiger partial charge in [0.15, 0.2) is 12.2 Å². The number of aliphatic carboxylic acids is 1. The molecule has 1 amide bonds. The van der Waals surface area contributed by atoms with Crippen molar-refractivity contribution in [3.63, 3.8) is 0 Å². The Kier molecular flexibility index (Phi) is 16.9. The third-order valence-electron chi connectivity index (χ3n) is 8.52. The van der Waals surface area contributed by atoms with E-state index in [9.17, 15) is 24.3 Å². The lowest BCUT2D eigenvalue weighted by Gasteiger charge is -2.20. The number of aliphatic hydroxyl groups excluding tert-OH is 2. The second kappa shape index (κ2) is 22.0. The highest BCUT2D eigenvalue weighted by atomic mass is 16.6. The molecule has 17 heteroatoms. The molecule has 2 aliphatic rings. The molecule has 2 unspecified atom stereocenters. The molecule has 3 atom stereocenters. The number of carbonyl (C=O) groups excluding carboxylic acids is 3. The summed E-state index contributed by atoms with van der Waals surface area (Å²) in [4.78, 5) is 70.3. The summed E-state index contributed by atoms with van der Waals surface area (Å²) in [5.41, 5.74) is 7.53. The maximum Gasteiger partial charge on any atom is 0.412 e. The highest BCUT2D eigenvalue weighted by Crippen LogP contribution is 2.38. The third kappa shape index (κ3) is 14.3. The number of anilines is 1. The van der Waals surface area contributed by atoms with E-state index in [0.717, 1.165) is 44.2 Å². The van der Waals surface area contributed by atoms with Gasteiger partial charge in [0, 0.05) is 75.0 Å². The van der Waals surface area contributed by atoms with Gasteiger partial charge in [-0.1, -0.05) is 6.07 Å². The van der Waals surface area contributed by atoms with Gasteiger partial charge in [-0.05, 0) is 88.5 Å². The Morgan fingerprint density at radius 2 is 1.09 bits per heavy atom. The van der Waals surface area contributed by atoms with E-state index < -0.39 is 42.3 Å². The number of aryl methyl sites for hydroxylation is 2. The van der Waals surface area contributed by atoms with Crippen LogP contribution in [0.25, 0.3) is 0 Å². The number of ether oxygens (including phenoxy) is 3. The summed E-state index contributed by atoms with van der Waals surface area (Å²) in [6.45, 7) is 6.97. The van der Waals surface area contributed by atoms with Gasteiger partial charge in [0.2, 0.25) is 6.10 Å². The molecule has 1 aromatic carbocycles. The molecule has 0 saturated carbocycles. The summed E-state index contributed by atoms with van der Waals surface area (Å²) in [5.74, 6) is -2.47. The zero-order chi connectivity index (χ0) is 41.3. The van der Waals surface area contributed by atoms with Crippen LogP contribution in [0.4, 0.5) is 10.5 Å². The second-order valence-electron chi connectivity index (χ2n) is 13.8. The average Bonchev–Trinajstić information content (AvgIpc) is 3.86. The minimum absolute atomic E-state index is 0.0107. The van der Waals surface area contributed by atoms with Crippen LogP contribution in [0.15, 0.2) is 61.8 Å². The van der Waals surface area contributed by atoms with Crippen molar-refractivity contribution in [2.45, 2.75) is 116 Å². The average molecular weight is 788 g/mol. The summed E-state index contributed by atoms with van der Waals surface area (Å²) in [5, 5.41) is 29.7. The Morgan fingerprint density at radius 3 is 1.53 bits per heavy atom. The summed E-state index contributed by atoms with van der Waals surface area (Å²) in [7, 11) is 0. The molecule has 0 spiro atoms. The Morgan fingerprint density at radius 1 is 0.632 bits per heavy atom. The number of carboxylic acids is 1. The van der Waals surface area contributed by atoms with Crippen molar-refractivity contribution < 1.29 is 48.7 Å². The van der Waals surface area contributed by atoms with E-state index in [2.05, 4.69) is 41.3 Å². The number of esters is 2. The van der Waals surface area contributed by atoms with Gasteiger partial charge in [-0.2, -0.15) is 0 Å². The number of fused-ring (bicyclic) bond motifs is 2. The summed E-state index contributed by atoms with van der Waals surface area (Å²) in [6, 6.07) is 2.30. The molecule has 57 heavy (non-hydrogen) atoms.